The van der Waals surface area contributed by atoms with Gasteiger partial charge in [-0.1, -0.05) is 0 Å². The second-order valence-electron chi connectivity index (χ2n) is 4.84. The third-order valence-electron chi connectivity index (χ3n) is 3.33. The van der Waals surface area contributed by atoms with E-state index in [1.165, 1.54) is 12.3 Å². The Bertz CT molecular complexity index is 400. The number of rotatable bonds is 3. The van der Waals surface area contributed by atoms with Gasteiger partial charge in [0.15, 0.2) is 0 Å². The van der Waals surface area contributed by atoms with E-state index < -0.39 is 18.0 Å². The van der Waals surface area contributed by atoms with E-state index >= 15 is 0 Å². The highest BCUT2D eigenvalue weighted by atomic mass is 19.1. The summed E-state index contributed by atoms with van der Waals surface area (Å²) >= 11 is 0. The molecule has 1 saturated heterocycles. The van der Waals surface area contributed by atoms with Crippen LogP contribution in [0.4, 0.5) is 4.39 Å². The molecule has 2 rings (SSSR count). The minimum Gasteiger partial charge on any atom is -0.386 e. The van der Waals surface area contributed by atoms with Gasteiger partial charge in [0.25, 0.3) is 0 Å². The van der Waals surface area contributed by atoms with Gasteiger partial charge in [-0.3, -0.25) is 9.88 Å². The molecule has 18 heavy (non-hydrogen) atoms. The standard InChI is InChI=1S/C13H19FN2O2/c1-9(2)16-5-6-18-12(8-16)13(17)10-3-4-15-7-11(10)14/h3-4,7,9,12-13,17H,5-6,8H2,1-2H3. The number of morpholine rings is 1. The Balaban J connectivity index is 2.09. The molecule has 0 aliphatic carbocycles. The molecule has 1 aromatic rings. The number of nitrogens with zero attached hydrogens (tertiary/aromatic N) is 2. The average Bonchev–Trinajstić information content (AvgIpc) is 2.38. The van der Waals surface area contributed by atoms with Crippen molar-refractivity contribution in [3.05, 3.63) is 29.8 Å². The third-order valence-corrected chi connectivity index (χ3v) is 3.33. The number of halogens is 1. The van der Waals surface area contributed by atoms with Crippen LogP contribution in [-0.4, -0.2) is 46.8 Å². The zero-order chi connectivity index (χ0) is 13.1. The number of hydrogen-bond acceptors (Lipinski definition) is 4. The largest absolute Gasteiger partial charge is 0.386 e. The monoisotopic (exact) mass is 254 g/mol. The molecule has 0 saturated carbocycles. The summed E-state index contributed by atoms with van der Waals surface area (Å²) in [7, 11) is 0. The lowest BCUT2D eigenvalue weighted by molar-refractivity contribution is -0.0969. The molecule has 2 unspecified atom stereocenters. The summed E-state index contributed by atoms with van der Waals surface area (Å²) in [5, 5.41) is 10.2. The van der Waals surface area contributed by atoms with Gasteiger partial charge in [0.2, 0.25) is 0 Å². The highest BCUT2D eigenvalue weighted by molar-refractivity contribution is 5.17. The van der Waals surface area contributed by atoms with Crippen molar-refractivity contribution < 1.29 is 14.2 Å². The van der Waals surface area contributed by atoms with E-state index in [9.17, 15) is 9.50 Å². The van der Waals surface area contributed by atoms with E-state index in [4.69, 9.17) is 4.74 Å². The summed E-state index contributed by atoms with van der Waals surface area (Å²) in [6, 6.07) is 1.89. The molecule has 1 aromatic heterocycles. The number of aliphatic hydroxyl groups excluding tert-OH is 1. The molecule has 1 fully saturated rings. The van der Waals surface area contributed by atoms with Gasteiger partial charge in [0.1, 0.15) is 18.0 Å². The Hall–Kier alpha value is -1.04. The Labute approximate surface area is 106 Å². The smallest absolute Gasteiger partial charge is 0.147 e. The van der Waals surface area contributed by atoms with E-state index in [2.05, 4.69) is 23.7 Å². The van der Waals surface area contributed by atoms with Crippen molar-refractivity contribution in [2.24, 2.45) is 0 Å². The van der Waals surface area contributed by atoms with Crippen LogP contribution >= 0.6 is 0 Å². The summed E-state index contributed by atoms with van der Waals surface area (Å²) in [4.78, 5) is 5.90. The first-order valence-corrected chi connectivity index (χ1v) is 6.22. The fourth-order valence-corrected chi connectivity index (χ4v) is 2.18. The summed E-state index contributed by atoms with van der Waals surface area (Å²) in [5.41, 5.74) is 0.251. The van der Waals surface area contributed by atoms with Crippen LogP contribution < -0.4 is 0 Å². The molecule has 1 N–H and O–H groups in total. The quantitative estimate of drug-likeness (QED) is 0.884. The molecule has 0 spiro atoms. The number of aromatic nitrogens is 1. The summed E-state index contributed by atoms with van der Waals surface area (Å²) in [6.07, 6.45) is 1.25. The summed E-state index contributed by atoms with van der Waals surface area (Å²) in [6.45, 7) is 6.22. The fraction of sp³-hybridized carbons (Fsp3) is 0.615. The lowest BCUT2D eigenvalue weighted by Gasteiger charge is -2.37. The summed E-state index contributed by atoms with van der Waals surface area (Å²) in [5.74, 6) is -0.490. The number of pyridine rings is 1. The van der Waals surface area contributed by atoms with Crippen molar-refractivity contribution in [3.8, 4) is 0 Å². The second-order valence-corrected chi connectivity index (χ2v) is 4.84. The molecule has 0 bridgehead atoms. The van der Waals surface area contributed by atoms with Crippen LogP contribution in [0.25, 0.3) is 0 Å². The molecule has 1 aliphatic rings. The predicted octanol–water partition coefficient (Wildman–Crippen LogP) is 1.36. The molecule has 0 radical (unpaired) electrons. The van der Waals surface area contributed by atoms with Gasteiger partial charge in [-0.25, -0.2) is 4.39 Å². The van der Waals surface area contributed by atoms with Crippen LogP contribution in [0.2, 0.25) is 0 Å². The van der Waals surface area contributed by atoms with Crippen LogP contribution in [0.15, 0.2) is 18.5 Å². The van der Waals surface area contributed by atoms with E-state index in [1.54, 1.807) is 0 Å². The number of aliphatic hydroxyl groups is 1. The van der Waals surface area contributed by atoms with E-state index in [-0.39, 0.29) is 5.56 Å². The van der Waals surface area contributed by atoms with E-state index in [0.717, 1.165) is 12.7 Å². The third kappa shape index (κ3) is 2.85. The Morgan fingerprint density at radius 1 is 1.56 bits per heavy atom. The van der Waals surface area contributed by atoms with E-state index in [0.29, 0.717) is 19.2 Å². The highest BCUT2D eigenvalue weighted by Gasteiger charge is 2.30. The van der Waals surface area contributed by atoms with Crippen LogP contribution in [0.1, 0.15) is 25.5 Å². The van der Waals surface area contributed by atoms with Gasteiger partial charge in [-0.15, -0.1) is 0 Å². The lowest BCUT2D eigenvalue weighted by atomic mass is 10.0. The first kappa shape index (κ1) is 13.4. The maximum absolute atomic E-state index is 13.6. The molecular formula is C13H19FN2O2. The zero-order valence-electron chi connectivity index (χ0n) is 10.7. The summed E-state index contributed by atoms with van der Waals surface area (Å²) < 4.78 is 19.1. The van der Waals surface area contributed by atoms with Crippen molar-refractivity contribution in [3.63, 3.8) is 0 Å². The van der Waals surface area contributed by atoms with Gasteiger partial charge in [-0.2, -0.15) is 0 Å². The molecular weight excluding hydrogens is 235 g/mol. The van der Waals surface area contributed by atoms with Crippen molar-refractivity contribution in [2.45, 2.75) is 32.1 Å². The maximum Gasteiger partial charge on any atom is 0.147 e. The normalized spacial score (nSPS) is 23.3. The van der Waals surface area contributed by atoms with Crippen LogP contribution in [0.3, 0.4) is 0 Å². The van der Waals surface area contributed by atoms with E-state index in [1.807, 2.05) is 0 Å². The number of ether oxygens (including phenoxy) is 1. The van der Waals surface area contributed by atoms with Crippen molar-refractivity contribution in [1.29, 1.82) is 0 Å². The van der Waals surface area contributed by atoms with Crippen molar-refractivity contribution in [1.82, 2.24) is 9.88 Å². The fourth-order valence-electron chi connectivity index (χ4n) is 2.18. The molecule has 2 heterocycles. The SMILES string of the molecule is CC(C)N1CCOC(C(O)c2ccncc2F)C1. The van der Waals surface area contributed by atoms with Crippen LogP contribution in [0, 0.1) is 5.82 Å². The van der Waals surface area contributed by atoms with Gasteiger partial charge in [0, 0.05) is 30.9 Å². The van der Waals surface area contributed by atoms with Gasteiger partial charge in [0.05, 0.1) is 12.8 Å². The van der Waals surface area contributed by atoms with Gasteiger partial charge >= 0.3 is 0 Å². The first-order chi connectivity index (χ1) is 8.59. The topological polar surface area (TPSA) is 45.6 Å². The zero-order valence-corrected chi connectivity index (χ0v) is 10.7. The molecule has 5 heteroatoms. The Morgan fingerprint density at radius 2 is 2.33 bits per heavy atom. The predicted molar refractivity (Wildman–Crippen MR) is 65.6 cm³/mol. The van der Waals surface area contributed by atoms with Crippen LogP contribution in [0.5, 0.6) is 0 Å². The Kier molecular flexibility index (Phi) is 4.27. The number of hydrogen-bond donors (Lipinski definition) is 1. The van der Waals surface area contributed by atoms with Gasteiger partial charge in [-0.05, 0) is 19.9 Å². The van der Waals surface area contributed by atoms with Crippen molar-refractivity contribution >= 4 is 0 Å². The molecule has 4 nitrogen and oxygen atoms in total. The highest BCUT2D eigenvalue weighted by Crippen LogP contribution is 2.24. The molecule has 2 atom stereocenters. The molecule has 100 valence electrons. The molecule has 1 aliphatic heterocycles. The average molecular weight is 254 g/mol. The maximum atomic E-state index is 13.6. The van der Waals surface area contributed by atoms with Crippen LogP contribution in [-0.2, 0) is 4.74 Å². The lowest BCUT2D eigenvalue weighted by Crippen LogP contribution is -2.47. The Morgan fingerprint density at radius 3 is 3.00 bits per heavy atom. The van der Waals surface area contributed by atoms with Gasteiger partial charge < -0.3 is 9.84 Å². The minimum atomic E-state index is -0.949. The van der Waals surface area contributed by atoms with Crippen molar-refractivity contribution in [2.75, 3.05) is 19.7 Å². The second kappa shape index (κ2) is 5.73. The molecule has 0 aromatic carbocycles. The first-order valence-electron chi connectivity index (χ1n) is 6.22. The minimum absolute atomic E-state index is 0.251. The molecule has 0 amide bonds.